The van der Waals surface area contributed by atoms with Crippen molar-refractivity contribution < 1.29 is 8.42 Å². The van der Waals surface area contributed by atoms with Crippen molar-refractivity contribution in [2.75, 3.05) is 26.2 Å². The lowest BCUT2D eigenvalue weighted by atomic mass is 9.84. The molecule has 5 rings (SSSR count). The molecular weight excluding hydrogens is 430 g/mol. The Hall–Kier alpha value is -1.55. The van der Waals surface area contributed by atoms with E-state index in [4.69, 9.17) is 12.2 Å². The van der Waals surface area contributed by atoms with Crippen LogP contribution in [0.25, 0.3) is 0 Å². The summed E-state index contributed by atoms with van der Waals surface area (Å²) in [7, 11) is -3.45. The molecule has 3 aliphatic rings. The largest absolute Gasteiger partial charge is 0.282 e. The summed E-state index contributed by atoms with van der Waals surface area (Å²) < 4.78 is 30.4. The molecule has 1 aromatic heterocycles. The van der Waals surface area contributed by atoms with Crippen molar-refractivity contribution in [2.24, 2.45) is 0 Å². The Labute approximate surface area is 189 Å². The molecule has 1 saturated heterocycles. The van der Waals surface area contributed by atoms with E-state index < -0.39 is 10.0 Å². The molecule has 2 aliphatic carbocycles. The Morgan fingerprint density at radius 2 is 1.61 bits per heavy atom. The molecule has 168 valence electrons. The van der Waals surface area contributed by atoms with Gasteiger partial charge in [0.1, 0.15) is 5.82 Å². The van der Waals surface area contributed by atoms with Gasteiger partial charge < -0.3 is 0 Å². The number of H-pyrrole nitrogens is 1. The Morgan fingerprint density at radius 1 is 0.935 bits per heavy atom. The number of benzene rings is 1. The first-order valence-electron chi connectivity index (χ1n) is 11.5. The predicted molar refractivity (Wildman–Crippen MR) is 122 cm³/mol. The van der Waals surface area contributed by atoms with Gasteiger partial charge in [-0.15, -0.1) is 0 Å². The smallest absolute Gasteiger partial charge is 0.243 e. The molecule has 0 unspecified atom stereocenters. The molecule has 2 heterocycles. The first-order valence-corrected chi connectivity index (χ1v) is 13.3. The van der Waals surface area contributed by atoms with Crippen LogP contribution < -0.4 is 0 Å². The highest BCUT2D eigenvalue weighted by molar-refractivity contribution is 7.89. The standard InChI is InChI=1S/C22H31N5O2S2/c28-31(29,20-10-8-18(9-11-20)17-4-2-1-3-5-17)26-14-12-25(13-15-26)16-27-22(30)23-21(24-27)19-6-7-19/h8-11,17,19H,1-7,12-16H2,(H,23,24,30). The molecule has 1 N–H and O–H groups in total. The normalized spacial score (nSPS) is 22.1. The highest BCUT2D eigenvalue weighted by Gasteiger charge is 2.30. The Balaban J connectivity index is 1.20. The van der Waals surface area contributed by atoms with Gasteiger partial charge >= 0.3 is 0 Å². The maximum Gasteiger partial charge on any atom is 0.243 e. The Morgan fingerprint density at radius 3 is 2.26 bits per heavy atom. The number of hydrogen-bond acceptors (Lipinski definition) is 5. The minimum Gasteiger partial charge on any atom is -0.282 e. The quantitative estimate of drug-likeness (QED) is 0.662. The van der Waals surface area contributed by atoms with E-state index in [0.717, 1.165) is 5.82 Å². The van der Waals surface area contributed by atoms with Crippen LogP contribution in [0.15, 0.2) is 29.2 Å². The second-order valence-corrected chi connectivity index (χ2v) is 11.5. The van der Waals surface area contributed by atoms with Gasteiger partial charge in [-0.1, -0.05) is 31.4 Å². The molecule has 9 heteroatoms. The topological polar surface area (TPSA) is 74.2 Å². The average Bonchev–Trinajstić information content (AvgIpc) is 3.59. The second-order valence-electron chi connectivity index (χ2n) is 9.16. The SMILES string of the molecule is O=S(=O)(c1ccc(C2CCCCC2)cc1)N1CCN(Cn2[nH]c(C3CC3)nc2=S)CC1. The van der Waals surface area contributed by atoms with E-state index in [2.05, 4.69) is 15.0 Å². The van der Waals surface area contributed by atoms with Crippen molar-refractivity contribution in [3.8, 4) is 0 Å². The predicted octanol–water partition coefficient (Wildman–Crippen LogP) is 3.83. The lowest BCUT2D eigenvalue weighted by Crippen LogP contribution is -2.48. The van der Waals surface area contributed by atoms with Crippen molar-refractivity contribution in [3.63, 3.8) is 0 Å². The van der Waals surface area contributed by atoms with Gasteiger partial charge in [-0.25, -0.2) is 18.1 Å². The molecule has 0 atom stereocenters. The van der Waals surface area contributed by atoms with Crippen LogP contribution in [-0.4, -0.2) is 58.6 Å². The summed E-state index contributed by atoms with van der Waals surface area (Å²) in [6.07, 6.45) is 8.68. The van der Waals surface area contributed by atoms with Crippen LogP contribution in [0.5, 0.6) is 0 Å². The van der Waals surface area contributed by atoms with Crippen molar-refractivity contribution in [3.05, 3.63) is 40.4 Å². The van der Waals surface area contributed by atoms with Crippen LogP contribution in [0.4, 0.5) is 0 Å². The summed E-state index contributed by atoms with van der Waals surface area (Å²) in [6.45, 7) is 2.97. The number of hydrogen-bond donors (Lipinski definition) is 1. The third kappa shape index (κ3) is 4.65. The molecule has 1 aliphatic heterocycles. The van der Waals surface area contributed by atoms with Crippen LogP contribution >= 0.6 is 12.2 Å². The van der Waals surface area contributed by atoms with Crippen LogP contribution in [-0.2, 0) is 16.7 Å². The summed E-state index contributed by atoms with van der Waals surface area (Å²) in [5.41, 5.74) is 1.28. The minimum absolute atomic E-state index is 0.408. The fraction of sp³-hybridized carbons (Fsp3) is 0.636. The summed E-state index contributed by atoms with van der Waals surface area (Å²) in [4.78, 5) is 7.09. The van der Waals surface area contributed by atoms with E-state index in [-0.39, 0.29) is 0 Å². The van der Waals surface area contributed by atoms with E-state index in [1.165, 1.54) is 50.5 Å². The number of aromatic amines is 1. The van der Waals surface area contributed by atoms with Gasteiger partial charge in [0.2, 0.25) is 14.8 Å². The van der Waals surface area contributed by atoms with Crippen LogP contribution in [0.2, 0.25) is 0 Å². The third-order valence-corrected chi connectivity index (χ3v) is 9.15. The molecule has 31 heavy (non-hydrogen) atoms. The minimum atomic E-state index is -3.45. The molecule has 3 fully saturated rings. The van der Waals surface area contributed by atoms with Gasteiger partial charge in [-0.05, 0) is 61.5 Å². The zero-order chi connectivity index (χ0) is 21.4. The first kappa shape index (κ1) is 21.3. The van der Waals surface area contributed by atoms with Gasteiger partial charge in [-0.3, -0.25) is 10.00 Å². The third-order valence-electron chi connectivity index (χ3n) is 6.93. The molecule has 7 nitrogen and oxygen atoms in total. The number of aromatic nitrogens is 3. The van der Waals surface area contributed by atoms with Gasteiger partial charge in [-0.2, -0.15) is 4.31 Å². The van der Waals surface area contributed by atoms with Crippen LogP contribution in [0.1, 0.15) is 68.2 Å². The summed E-state index contributed by atoms with van der Waals surface area (Å²) in [5, 5.41) is 3.32. The van der Waals surface area contributed by atoms with E-state index in [0.29, 0.717) is 54.4 Å². The van der Waals surface area contributed by atoms with E-state index in [1.807, 2.05) is 16.8 Å². The zero-order valence-electron chi connectivity index (χ0n) is 17.9. The van der Waals surface area contributed by atoms with Gasteiger partial charge in [0.05, 0.1) is 11.6 Å². The lowest BCUT2D eigenvalue weighted by molar-refractivity contribution is 0.144. The summed E-state index contributed by atoms with van der Waals surface area (Å²) in [6, 6.07) is 7.65. The fourth-order valence-electron chi connectivity index (χ4n) is 4.82. The maximum absolute atomic E-state index is 13.1. The van der Waals surface area contributed by atoms with Crippen molar-refractivity contribution in [1.82, 2.24) is 24.0 Å². The van der Waals surface area contributed by atoms with Crippen LogP contribution in [0, 0.1) is 4.77 Å². The highest BCUT2D eigenvalue weighted by Crippen LogP contribution is 2.38. The molecule has 2 saturated carbocycles. The van der Waals surface area contributed by atoms with E-state index in [9.17, 15) is 8.42 Å². The zero-order valence-corrected chi connectivity index (χ0v) is 19.5. The Kier molecular flexibility index (Phi) is 6.02. The lowest BCUT2D eigenvalue weighted by Gasteiger charge is -2.33. The first-order chi connectivity index (χ1) is 15.0. The summed E-state index contributed by atoms with van der Waals surface area (Å²) in [5.74, 6) is 2.11. The van der Waals surface area contributed by atoms with Crippen LogP contribution in [0.3, 0.4) is 0 Å². The fourth-order valence-corrected chi connectivity index (χ4v) is 6.44. The van der Waals surface area contributed by atoms with Gasteiger partial charge in [0, 0.05) is 32.1 Å². The second kappa shape index (κ2) is 8.77. The molecule has 0 bridgehead atoms. The molecule has 1 aromatic carbocycles. The molecule has 0 radical (unpaired) electrons. The van der Waals surface area contributed by atoms with E-state index >= 15 is 0 Å². The summed E-state index contributed by atoms with van der Waals surface area (Å²) >= 11 is 5.38. The van der Waals surface area contributed by atoms with E-state index in [1.54, 1.807) is 16.4 Å². The monoisotopic (exact) mass is 461 g/mol. The van der Waals surface area contributed by atoms with Crippen molar-refractivity contribution in [2.45, 2.75) is 68.3 Å². The number of nitrogens with one attached hydrogen (secondary N) is 1. The molecule has 0 spiro atoms. The van der Waals surface area contributed by atoms with Gasteiger partial charge in [0.15, 0.2) is 0 Å². The number of nitrogens with zero attached hydrogens (tertiary/aromatic N) is 4. The number of rotatable bonds is 6. The average molecular weight is 462 g/mol. The Bertz CT molecular complexity index is 1060. The van der Waals surface area contributed by atoms with Crippen molar-refractivity contribution >= 4 is 22.2 Å². The molecular formula is C22H31N5O2S2. The van der Waals surface area contributed by atoms with Gasteiger partial charge in [0.25, 0.3) is 0 Å². The van der Waals surface area contributed by atoms with Crippen molar-refractivity contribution in [1.29, 1.82) is 0 Å². The molecule has 0 amide bonds. The highest BCUT2D eigenvalue weighted by atomic mass is 32.2. The molecule has 2 aromatic rings. The maximum atomic E-state index is 13.1. The number of piperazine rings is 1. The number of sulfonamides is 1.